The Balaban J connectivity index is 2.03. The van der Waals surface area contributed by atoms with Crippen LogP contribution in [0.15, 0.2) is 46.4 Å². The molecule has 1 aliphatic heterocycles. The molecule has 0 spiro atoms. The molecule has 2 aromatic rings. The van der Waals surface area contributed by atoms with E-state index in [1.807, 2.05) is 6.92 Å². The minimum Gasteiger partial charge on any atom is -0.507 e. The molecule has 1 saturated heterocycles. The fraction of sp³-hybridized carbons (Fsp3) is 0.417. The minimum atomic E-state index is -0.768. The molecule has 0 aliphatic carbocycles. The molecule has 3 rings (SSSR count). The van der Waals surface area contributed by atoms with Gasteiger partial charge in [-0.1, -0.05) is 13.8 Å². The third kappa shape index (κ3) is 4.66. The molecule has 1 aromatic heterocycles. The smallest absolute Gasteiger partial charge is 0.295 e. The largest absolute Gasteiger partial charge is 0.507 e. The van der Waals surface area contributed by atoms with Crippen molar-refractivity contribution in [2.24, 2.45) is 0 Å². The van der Waals surface area contributed by atoms with E-state index in [0.717, 1.165) is 13.1 Å². The van der Waals surface area contributed by atoms with E-state index in [2.05, 4.69) is 18.7 Å². The third-order valence-electron chi connectivity index (χ3n) is 5.56. The summed E-state index contributed by atoms with van der Waals surface area (Å²) in [7, 11) is 0. The number of amides is 1. The Kier molecular flexibility index (Phi) is 7.17. The Morgan fingerprint density at radius 2 is 1.77 bits per heavy atom. The molecule has 1 atom stereocenters. The van der Waals surface area contributed by atoms with E-state index < -0.39 is 17.7 Å². The second kappa shape index (κ2) is 9.83. The number of likely N-dealkylation sites (tertiary alicyclic amines) is 1. The summed E-state index contributed by atoms with van der Waals surface area (Å²) in [6, 6.07) is 9.57. The van der Waals surface area contributed by atoms with Crippen molar-refractivity contribution >= 4 is 17.4 Å². The summed E-state index contributed by atoms with van der Waals surface area (Å²) in [5.41, 5.74) is 0.488. The number of hydrogen-bond acceptors (Lipinski definition) is 6. The van der Waals surface area contributed by atoms with Crippen molar-refractivity contribution in [1.29, 1.82) is 0 Å². The number of aliphatic hydroxyl groups excluding tert-OH is 1. The highest BCUT2D eigenvalue weighted by Gasteiger charge is 2.47. The molecular weight excluding hydrogens is 396 g/mol. The van der Waals surface area contributed by atoms with Gasteiger partial charge in [0.2, 0.25) is 0 Å². The Labute approximate surface area is 182 Å². The maximum Gasteiger partial charge on any atom is 0.295 e. The van der Waals surface area contributed by atoms with E-state index in [4.69, 9.17) is 9.15 Å². The lowest BCUT2D eigenvalue weighted by Gasteiger charge is -2.26. The highest BCUT2D eigenvalue weighted by molar-refractivity contribution is 6.46. The number of aliphatic hydroxyl groups is 1. The first kappa shape index (κ1) is 22.6. The Morgan fingerprint density at radius 3 is 2.32 bits per heavy atom. The Hall–Kier alpha value is -3.06. The predicted octanol–water partition coefficient (Wildman–Crippen LogP) is 3.75. The van der Waals surface area contributed by atoms with Crippen LogP contribution in [-0.4, -0.2) is 59.4 Å². The summed E-state index contributed by atoms with van der Waals surface area (Å²) in [5, 5.41) is 11.0. The SMILES string of the molecule is CCOc1ccc(/C(O)=C2\C(=O)C(=O)N(CCN(CC)CC)[C@@H]2c2ccc(C)o2)cc1. The van der Waals surface area contributed by atoms with Crippen molar-refractivity contribution in [2.75, 3.05) is 32.8 Å². The van der Waals surface area contributed by atoms with Gasteiger partial charge in [0, 0.05) is 18.7 Å². The van der Waals surface area contributed by atoms with E-state index in [1.165, 1.54) is 4.90 Å². The van der Waals surface area contributed by atoms with Crippen LogP contribution >= 0.6 is 0 Å². The number of rotatable bonds is 9. The monoisotopic (exact) mass is 426 g/mol. The highest BCUT2D eigenvalue weighted by atomic mass is 16.5. The summed E-state index contributed by atoms with van der Waals surface area (Å²) >= 11 is 0. The van der Waals surface area contributed by atoms with Gasteiger partial charge in [-0.2, -0.15) is 0 Å². The van der Waals surface area contributed by atoms with E-state index in [1.54, 1.807) is 43.3 Å². The zero-order valence-electron chi connectivity index (χ0n) is 18.6. The van der Waals surface area contributed by atoms with Crippen LogP contribution in [-0.2, 0) is 9.59 Å². The molecule has 0 bridgehead atoms. The molecular formula is C24H30N2O5. The number of ether oxygens (including phenoxy) is 1. The number of Topliss-reactive ketones (excluding diaryl/α,β-unsaturated/α-hetero) is 1. The molecule has 7 nitrogen and oxygen atoms in total. The molecule has 1 aliphatic rings. The first-order valence-electron chi connectivity index (χ1n) is 10.7. The molecule has 2 heterocycles. The van der Waals surface area contributed by atoms with Crippen molar-refractivity contribution in [2.45, 2.75) is 33.7 Å². The highest BCUT2D eigenvalue weighted by Crippen LogP contribution is 2.40. The number of benzene rings is 1. The van der Waals surface area contributed by atoms with Gasteiger partial charge in [-0.05, 0) is 63.3 Å². The zero-order valence-corrected chi connectivity index (χ0v) is 18.6. The van der Waals surface area contributed by atoms with Crippen LogP contribution in [0.2, 0.25) is 0 Å². The fourth-order valence-corrected chi connectivity index (χ4v) is 3.83. The van der Waals surface area contributed by atoms with Gasteiger partial charge in [0.25, 0.3) is 11.7 Å². The quantitative estimate of drug-likeness (QED) is 0.374. The molecule has 1 amide bonds. The summed E-state index contributed by atoms with van der Waals surface area (Å²) in [6.07, 6.45) is 0. The molecule has 1 fully saturated rings. The third-order valence-corrected chi connectivity index (χ3v) is 5.56. The standard InChI is InChI=1S/C24H30N2O5/c1-5-25(6-2)14-15-26-21(19-13-8-16(4)31-19)20(23(28)24(26)29)22(27)17-9-11-18(12-10-17)30-7-3/h8-13,21,27H,5-7,14-15H2,1-4H3/b22-20+/t21-/m1/s1. The summed E-state index contributed by atoms with van der Waals surface area (Å²) in [4.78, 5) is 29.6. The summed E-state index contributed by atoms with van der Waals surface area (Å²) < 4.78 is 11.2. The van der Waals surface area contributed by atoms with Crippen LogP contribution in [0.25, 0.3) is 5.76 Å². The number of furan rings is 1. The number of carbonyl (C=O) groups is 2. The number of carbonyl (C=O) groups excluding carboxylic acids is 2. The minimum absolute atomic E-state index is 0.0445. The first-order chi connectivity index (χ1) is 14.9. The van der Waals surface area contributed by atoms with Crippen LogP contribution in [0.3, 0.4) is 0 Å². The number of nitrogens with zero attached hydrogens (tertiary/aromatic N) is 2. The van der Waals surface area contributed by atoms with E-state index in [0.29, 0.717) is 42.5 Å². The van der Waals surface area contributed by atoms with Crippen molar-refractivity contribution in [1.82, 2.24) is 9.80 Å². The van der Waals surface area contributed by atoms with Crippen molar-refractivity contribution in [3.63, 3.8) is 0 Å². The average molecular weight is 427 g/mol. The summed E-state index contributed by atoms with van der Waals surface area (Å²) in [5.74, 6) is 0.250. The van der Waals surface area contributed by atoms with Gasteiger partial charge in [-0.25, -0.2) is 0 Å². The van der Waals surface area contributed by atoms with Crippen LogP contribution in [0.5, 0.6) is 5.75 Å². The molecule has 0 unspecified atom stereocenters. The normalized spacial score (nSPS) is 18.2. The van der Waals surface area contributed by atoms with Crippen LogP contribution < -0.4 is 4.74 Å². The lowest BCUT2D eigenvalue weighted by molar-refractivity contribution is -0.140. The van der Waals surface area contributed by atoms with Gasteiger partial charge in [0.05, 0.1) is 12.2 Å². The molecule has 0 radical (unpaired) electrons. The van der Waals surface area contributed by atoms with Crippen molar-refractivity contribution in [3.8, 4) is 5.75 Å². The number of hydrogen-bond donors (Lipinski definition) is 1. The first-order valence-corrected chi connectivity index (χ1v) is 10.7. The van der Waals surface area contributed by atoms with E-state index in [9.17, 15) is 14.7 Å². The Morgan fingerprint density at radius 1 is 1.10 bits per heavy atom. The van der Waals surface area contributed by atoms with Crippen molar-refractivity contribution in [3.05, 3.63) is 59.1 Å². The topological polar surface area (TPSA) is 83.2 Å². The van der Waals surface area contributed by atoms with Gasteiger partial charge in [0.15, 0.2) is 0 Å². The number of aryl methyl sites for hydroxylation is 1. The molecule has 1 aromatic carbocycles. The second-order valence-electron chi connectivity index (χ2n) is 7.43. The Bertz CT molecular complexity index is 957. The van der Waals surface area contributed by atoms with Gasteiger partial charge in [0.1, 0.15) is 29.1 Å². The maximum atomic E-state index is 13.0. The number of ketones is 1. The number of likely N-dealkylation sites (N-methyl/N-ethyl adjacent to an activating group) is 1. The van der Waals surface area contributed by atoms with Gasteiger partial charge < -0.3 is 24.1 Å². The van der Waals surface area contributed by atoms with E-state index >= 15 is 0 Å². The summed E-state index contributed by atoms with van der Waals surface area (Å²) in [6.45, 7) is 11.0. The van der Waals surface area contributed by atoms with Crippen LogP contribution in [0.1, 0.15) is 43.9 Å². The molecule has 1 N–H and O–H groups in total. The van der Waals surface area contributed by atoms with Crippen molar-refractivity contribution < 1.29 is 23.8 Å². The van der Waals surface area contributed by atoms with E-state index in [-0.39, 0.29) is 11.3 Å². The lowest BCUT2D eigenvalue weighted by Crippen LogP contribution is -2.37. The van der Waals surface area contributed by atoms with Gasteiger partial charge in [-0.15, -0.1) is 0 Å². The molecule has 0 saturated carbocycles. The van der Waals surface area contributed by atoms with Crippen LogP contribution in [0.4, 0.5) is 0 Å². The molecule has 31 heavy (non-hydrogen) atoms. The lowest BCUT2D eigenvalue weighted by atomic mass is 9.99. The predicted molar refractivity (Wildman–Crippen MR) is 118 cm³/mol. The maximum absolute atomic E-state index is 13.0. The molecule has 7 heteroatoms. The molecule has 166 valence electrons. The van der Waals surface area contributed by atoms with Gasteiger partial charge >= 0.3 is 0 Å². The average Bonchev–Trinajstić information content (AvgIpc) is 3.30. The van der Waals surface area contributed by atoms with Gasteiger partial charge in [-0.3, -0.25) is 9.59 Å². The fourth-order valence-electron chi connectivity index (χ4n) is 3.83. The second-order valence-corrected chi connectivity index (χ2v) is 7.43. The van der Waals surface area contributed by atoms with Crippen LogP contribution in [0, 0.1) is 6.92 Å². The zero-order chi connectivity index (χ0) is 22.5.